The molecule has 0 saturated carbocycles. The highest BCUT2D eigenvalue weighted by Gasteiger charge is 2.24. The van der Waals surface area contributed by atoms with Crippen LogP contribution < -0.4 is 4.90 Å². The normalized spacial score (nSPS) is 18.6. The number of nitrogens with one attached hydrogen (secondary N) is 1. The van der Waals surface area contributed by atoms with E-state index in [0.29, 0.717) is 23.9 Å². The Balaban J connectivity index is 1.69. The number of aromatic amines is 1. The number of carbonyl (C=O) groups is 1. The topological polar surface area (TPSA) is 78.0 Å². The molecule has 2 aromatic heterocycles. The van der Waals surface area contributed by atoms with Crippen molar-refractivity contribution in [1.82, 2.24) is 24.8 Å². The second-order valence-corrected chi connectivity index (χ2v) is 5.91. The smallest absolute Gasteiger partial charge is 0.242 e. The van der Waals surface area contributed by atoms with Crippen LogP contribution in [-0.4, -0.2) is 57.4 Å². The number of carbonyl (C=O) groups excluding carboxylic acids is 1. The Morgan fingerprint density at radius 1 is 1.45 bits per heavy atom. The van der Waals surface area contributed by atoms with Crippen LogP contribution in [0.5, 0.6) is 0 Å². The number of aromatic nitrogens is 4. The van der Waals surface area contributed by atoms with Gasteiger partial charge in [0.25, 0.3) is 0 Å². The van der Waals surface area contributed by atoms with Crippen LogP contribution in [0.1, 0.15) is 26.2 Å². The van der Waals surface area contributed by atoms with Gasteiger partial charge in [0.2, 0.25) is 5.91 Å². The summed E-state index contributed by atoms with van der Waals surface area (Å²) >= 11 is 0. The van der Waals surface area contributed by atoms with Crippen LogP contribution in [-0.2, 0) is 4.79 Å². The molecule has 1 aliphatic heterocycles. The minimum atomic E-state index is 0.159. The Hall–Kier alpha value is -2.18. The molecule has 3 heterocycles. The number of H-pyrrole nitrogens is 1. The summed E-state index contributed by atoms with van der Waals surface area (Å²) in [6.45, 7) is 4.26. The first-order valence-corrected chi connectivity index (χ1v) is 7.82. The summed E-state index contributed by atoms with van der Waals surface area (Å²) in [6, 6.07) is 0. The monoisotopic (exact) mass is 302 g/mol. The number of hydrogen-bond acceptors (Lipinski definition) is 5. The van der Waals surface area contributed by atoms with E-state index >= 15 is 0 Å². The molecular formula is C15H22N6O. The summed E-state index contributed by atoms with van der Waals surface area (Å²) in [5.41, 5.74) is 1.39. The lowest BCUT2D eigenvalue weighted by molar-refractivity contribution is -0.131. The van der Waals surface area contributed by atoms with Gasteiger partial charge in [0.1, 0.15) is 11.8 Å². The highest BCUT2D eigenvalue weighted by Crippen LogP contribution is 2.21. The van der Waals surface area contributed by atoms with Crippen molar-refractivity contribution in [2.24, 2.45) is 5.92 Å². The lowest BCUT2D eigenvalue weighted by Gasteiger charge is -2.33. The molecule has 7 nitrogen and oxygen atoms in total. The van der Waals surface area contributed by atoms with Crippen molar-refractivity contribution in [2.45, 2.75) is 26.2 Å². The van der Waals surface area contributed by atoms with Gasteiger partial charge in [-0.05, 0) is 18.8 Å². The van der Waals surface area contributed by atoms with Crippen molar-refractivity contribution < 1.29 is 4.79 Å². The largest absolute Gasteiger partial charge is 0.348 e. The number of anilines is 1. The highest BCUT2D eigenvalue weighted by molar-refractivity contribution is 5.87. The van der Waals surface area contributed by atoms with Crippen molar-refractivity contribution >= 4 is 22.9 Å². The molecule has 1 N–H and O–H groups in total. The van der Waals surface area contributed by atoms with Gasteiger partial charge >= 0.3 is 0 Å². The molecule has 1 saturated heterocycles. The molecule has 1 fully saturated rings. The molecule has 1 atom stereocenters. The Labute approximate surface area is 129 Å². The Morgan fingerprint density at radius 3 is 3.14 bits per heavy atom. The molecule has 0 spiro atoms. The second-order valence-electron chi connectivity index (χ2n) is 5.91. The Bertz CT molecular complexity index is 654. The maximum absolute atomic E-state index is 12.5. The molecule has 0 bridgehead atoms. The predicted molar refractivity (Wildman–Crippen MR) is 84.5 cm³/mol. The van der Waals surface area contributed by atoms with Crippen LogP contribution in [0.4, 0.5) is 5.82 Å². The SMILES string of the molecule is CCC1CCCN(C(=O)CN(C)c2ncnc3nc[nH]c23)C1. The van der Waals surface area contributed by atoms with Crippen LogP contribution >= 0.6 is 0 Å². The molecule has 7 heteroatoms. The van der Waals surface area contributed by atoms with Gasteiger partial charge in [0.05, 0.1) is 12.9 Å². The molecule has 1 amide bonds. The molecule has 0 aliphatic carbocycles. The molecule has 0 aromatic carbocycles. The molecular weight excluding hydrogens is 280 g/mol. The van der Waals surface area contributed by atoms with Gasteiger partial charge < -0.3 is 14.8 Å². The number of amides is 1. The van der Waals surface area contributed by atoms with Crippen molar-refractivity contribution in [3.05, 3.63) is 12.7 Å². The van der Waals surface area contributed by atoms with E-state index in [9.17, 15) is 4.79 Å². The van der Waals surface area contributed by atoms with E-state index in [1.807, 2.05) is 16.8 Å². The number of fused-ring (bicyclic) bond motifs is 1. The molecule has 1 unspecified atom stereocenters. The van der Waals surface area contributed by atoms with Crippen molar-refractivity contribution in [3.8, 4) is 0 Å². The quantitative estimate of drug-likeness (QED) is 0.924. The number of piperidine rings is 1. The Morgan fingerprint density at radius 2 is 2.32 bits per heavy atom. The molecule has 3 rings (SSSR count). The van der Waals surface area contributed by atoms with E-state index in [-0.39, 0.29) is 5.91 Å². The zero-order valence-electron chi connectivity index (χ0n) is 13.1. The first kappa shape index (κ1) is 14.7. The van der Waals surface area contributed by atoms with Crippen LogP contribution in [0.25, 0.3) is 11.2 Å². The number of rotatable bonds is 4. The van der Waals surface area contributed by atoms with E-state index < -0.39 is 0 Å². The lowest BCUT2D eigenvalue weighted by Crippen LogP contribution is -2.44. The van der Waals surface area contributed by atoms with Crippen LogP contribution in [0, 0.1) is 5.92 Å². The van der Waals surface area contributed by atoms with Crippen LogP contribution in [0.15, 0.2) is 12.7 Å². The second kappa shape index (κ2) is 6.29. The summed E-state index contributed by atoms with van der Waals surface area (Å²) in [4.78, 5) is 31.9. The van der Waals surface area contributed by atoms with Gasteiger partial charge in [0, 0.05) is 20.1 Å². The lowest BCUT2D eigenvalue weighted by atomic mass is 9.95. The summed E-state index contributed by atoms with van der Waals surface area (Å²) < 4.78 is 0. The van der Waals surface area contributed by atoms with Gasteiger partial charge in [-0.25, -0.2) is 15.0 Å². The number of imidazole rings is 1. The fourth-order valence-corrected chi connectivity index (χ4v) is 3.04. The molecule has 22 heavy (non-hydrogen) atoms. The molecule has 1 aliphatic rings. The third kappa shape index (κ3) is 2.88. The fraction of sp³-hybridized carbons (Fsp3) is 0.600. The van der Waals surface area contributed by atoms with Crippen molar-refractivity contribution in [1.29, 1.82) is 0 Å². The van der Waals surface area contributed by atoms with Gasteiger partial charge in [-0.15, -0.1) is 0 Å². The number of hydrogen-bond donors (Lipinski definition) is 1. The average molecular weight is 302 g/mol. The van der Waals surface area contributed by atoms with Crippen molar-refractivity contribution in [2.75, 3.05) is 31.6 Å². The molecule has 0 radical (unpaired) electrons. The third-order valence-electron chi connectivity index (χ3n) is 4.39. The number of likely N-dealkylation sites (tertiary alicyclic amines) is 1. The van der Waals surface area contributed by atoms with Gasteiger partial charge in [-0.2, -0.15) is 0 Å². The van der Waals surface area contributed by atoms with Gasteiger partial charge in [-0.1, -0.05) is 13.3 Å². The average Bonchev–Trinajstić information content (AvgIpc) is 3.03. The maximum atomic E-state index is 12.5. The summed E-state index contributed by atoms with van der Waals surface area (Å²) in [5.74, 6) is 1.51. The van der Waals surface area contributed by atoms with Crippen molar-refractivity contribution in [3.63, 3.8) is 0 Å². The first-order valence-electron chi connectivity index (χ1n) is 7.82. The molecule has 2 aromatic rings. The van der Waals surface area contributed by atoms with E-state index in [0.717, 1.165) is 31.4 Å². The summed E-state index contributed by atoms with van der Waals surface area (Å²) in [7, 11) is 1.88. The summed E-state index contributed by atoms with van der Waals surface area (Å²) in [6.07, 6.45) is 6.55. The minimum Gasteiger partial charge on any atom is -0.348 e. The van der Waals surface area contributed by atoms with Gasteiger partial charge in [0.15, 0.2) is 11.5 Å². The zero-order chi connectivity index (χ0) is 15.5. The van der Waals surface area contributed by atoms with E-state index in [4.69, 9.17) is 0 Å². The highest BCUT2D eigenvalue weighted by atomic mass is 16.2. The van der Waals surface area contributed by atoms with Gasteiger partial charge in [-0.3, -0.25) is 4.79 Å². The first-order chi connectivity index (χ1) is 10.7. The van der Waals surface area contributed by atoms with Crippen LogP contribution in [0.3, 0.4) is 0 Å². The third-order valence-corrected chi connectivity index (χ3v) is 4.39. The standard InChI is InChI=1S/C15H22N6O/c1-3-11-5-4-6-21(7-11)12(22)8-20(2)15-13-14(17-9-16-13)18-10-19-15/h9-11H,3-8H2,1-2H3,(H,16,17,18,19). The van der Waals surface area contributed by atoms with E-state index in [1.165, 1.54) is 12.7 Å². The van der Waals surface area contributed by atoms with Crippen LogP contribution in [0.2, 0.25) is 0 Å². The Kier molecular flexibility index (Phi) is 4.22. The van der Waals surface area contributed by atoms with E-state index in [2.05, 4.69) is 26.9 Å². The summed E-state index contributed by atoms with van der Waals surface area (Å²) in [5, 5.41) is 0. The minimum absolute atomic E-state index is 0.159. The number of nitrogens with zero attached hydrogens (tertiary/aromatic N) is 5. The predicted octanol–water partition coefficient (Wildman–Crippen LogP) is 1.44. The molecule has 118 valence electrons. The number of likely N-dealkylation sites (N-methyl/N-ethyl adjacent to an activating group) is 1. The zero-order valence-corrected chi connectivity index (χ0v) is 13.1. The fourth-order valence-electron chi connectivity index (χ4n) is 3.04. The maximum Gasteiger partial charge on any atom is 0.242 e. The van der Waals surface area contributed by atoms with E-state index in [1.54, 1.807) is 6.33 Å².